The van der Waals surface area contributed by atoms with Crippen LogP contribution < -0.4 is 5.32 Å². The average Bonchev–Trinajstić information content (AvgIpc) is 2.38. The molecule has 20 heavy (non-hydrogen) atoms. The van der Waals surface area contributed by atoms with Gasteiger partial charge in [0.2, 0.25) is 0 Å². The highest BCUT2D eigenvalue weighted by Gasteiger charge is 2.40. The molecule has 0 aromatic rings. The number of hydrogen-bond donors (Lipinski definition) is 4. The standard InChI is InChI=1S/C9H19NO3.C5H10O2/c1-7(12)8(13)9(6-11)2-4-10-5-3-9;1-5(2,3)7-4-6/h7-8,10-13H,2-6H2,1H3;4H,1-3H3/t7-,8?;/m1./s1. The van der Waals surface area contributed by atoms with Gasteiger partial charge in [-0.3, -0.25) is 4.79 Å². The van der Waals surface area contributed by atoms with Crippen LogP contribution in [0.1, 0.15) is 40.5 Å². The van der Waals surface area contributed by atoms with Crippen molar-refractivity contribution in [1.29, 1.82) is 0 Å². The van der Waals surface area contributed by atoms with Crippen molar-refractivity contribution < 1.29 is 24.9 Å². The van der Waals surface area contributed by atoms with Crippen LogP contribution in [0.15, 0.2) is 0 Å². The lowest BCUT2D eigenvalue weighted by molar-refractivity contribution is -0.138. The molecule has 0 radical (unpaired) electrons. The van der Waals surface area contributed by atoms with E-state index < -0.39 is 17.6 Å². The van der Waals surface area contributed by atoms with Crippen LogP contribution in [0.5, 0.6) is 0 Å². The first kappa shape index (κ1) is 19.3. The second kappa shape index (κ2) is 8.56. The van der Waals surface area contributed by atoms with Gasteiger partial charge in [0.05, 0.1) is 18.8 Å². The molecule has 0 bridgehead atoms. The minimum absolute atomic E-state index is 0.0548. The maximum absolute atomic E-state index is 9.76. The van der Waals surface area contributed by atoms with Gasteiger partial charge in [-0.2, -0.15) is 0 Å². The molecule has 0 spiro atoms. The lowest BCUT2D eigenvalue weighted by Crippen LogP contribution is -2.50. The Morgan fingerprint density at radius 1 is 1.30 bits per heavy atom. The number of piperidine rings is 1. The summed E-state index contributed by atoms with van der Waals surface area (Å²) in [6.07, 6.45) is -0.157. The van der Waals surface area contributed by atoms with Crippen LogP contribution in [-0.4, -0.2) is 59.3 Å². The van der Waals surface area contributed by atoms with Crippen LogP contribution in [0.3, 0.4) is 0 Å². The minimum atomic E-state index is -0.820. The van der Waals surface area contributed by atoms with Gasteiger partial charge in [-0.25, -0.2) is 0 Å². The first-order chi connectivity index (χ1) is 9.18. The predicted octanol–water partition coefficient (Wildman–Crippen LogP) is 0.0481. The zero-order chi connectivity index (χ0) is 15.8. The number of rotatable bonds is 4. The topological polar surface area (TPSA) is 99.0 Å². The van der Waals surface area contributed by atoms with E-state index in [4.69, 9.17) is 0 Å². The molecule has 1 rings (SSSR count). The fourth-order valence-corrected chi connectivity index (χ4v) is 2.13. The van der Waals surface area contributed by atoms with Crippen molar-refractivity contribution in [3.63, 3.8) is 0 Å². The molecule has 0 aromatic heterocycles. The summed E-state index contributed by atoms with van der Waals surface area (Å²) >= 11 is 0. The molecule has 6 nitrogen and oxygen atoms in total. The first-order valence-corrected chi connectivity index (χ1v) is 6.98. The summed E-state index contributed by atoms with van der Waals surface area (Å²) in [6.45, 7) is 9.02. The SMILES string of the molecule is CC(C)(C)OC=O.C[C@@H](O)C(O)C1(CO)CCNCC1. The minimum Gasteiger partial charge on any atom is -0.462 e. The van der Waals surface area contributed by atoms with E-state index in [1.807, 2.05) is 20.8 Å². The summed E-state index contributed by atoms with van der Waals surface area (Å²) in [5.74, 6) is 0. The summed E-state index contributed by atoms with van der Waals surface area (Å²) in [5.41, 5.74) is -0.818. The van der Waals surface area contributed by atoms with Crippen molar-refractivity contribution in [2.45, 2.75) is 58.3 Å². The Kier molecular flexibility index (Phi) is 8.27. The van der Waals surface area contributed by atoms with Gasteiger partial charge in [-0.05, 0) is 53.6 Å². The lowest BCUT2D eigenvalue weighted by atomic mass is 9.73. The molecule has 1 aliphatic rings. The smallest absolute Gasteiger partial charge is 0.293 e. The van der Waals surface area contributed by atoms with Crippen molar-refractivity contribution in [3.8, 4) is 0 Å². The van der Waals surface area contributed by atoms with Crippen LogP contribution >= 0.6 is 0 Å². The Hall–Kier alpha value is -0.690. The molecule has 1 saturated heterocycles. The first-order valence-electron chi connectivity index (χ1n) is 6.98. The van der Waals surface area contributed by atoms with Crippen molar-refractivity contribution in [2.24, 2.45) is 5.41 Å². The molecule has 2 atom stereocenters. The average molecular weight is 291 g/mol. The summed E-state index contributed by atoms with van der Waals surface area (Å²) in [4.78, 5) is 9.60. The Bertz CT molecular complexity index is 269. The molecule has 1 heterocycles. The third-order valence-corrected chi connectivity index (χ3v) is 3.40. The van der Waals surface area contributed by atoms with Gasteiger partial charge in [-0.15, -0.1) is 0 Å². The highest BCUT2D eigenvalue weighted by molar-refractivity contribution is 5.37. The van der Waals surface area contributed by atoms with Gasteiger partial charge < -0.3 is 25.4 Å². The molecule has 6 heteroatoms. The number of ether oxygens (including phenoxy) is 1. The Morgan fingerprint density at radius 2 is 1.80 bits per heavy atom. The van der Waals surface area contributed by atoms with Gasteiger partial charge in [0.15, 0.2) is 0 Å². The summed E-state index contributed by atoms with van der Waals surface area (Å²) in [7, 11) is 0. The van der Waals surface area contributed by atoms with E-state index in [1.165, 1.54) is 0 Å². The fourth-order valence-electron chi connectivity index (χ4n) is 2.13. The van der Waals surface area contributed by atoms with Crippen molar-refractivity contribution >= 4 is 6.47 Å². The van der Waals surface area contributed by atoms with Gasteiger partial charge in [0.25, 0.3) is 6.47 Å². The largest absolute Gasteiger partial charge is 0.462 e. The van der Waals surface area contributed by atoms with Crippen molar-refractivity contribution in [3.05, 3.63) is 0 Å². The van der Waals surface area contributed by atoms with Crippen molar-refractivity contribution in [2.75, 3.05) is 19.7 Å². The molecular weight excluding hydrogens is 262 g/mol. The third-order valence-electron chi connectivity index (χ3n) is 3.40. The monoisotopic (exact) mass is 291 g/mol. The highest BCUT2D eigenvalue weighted by Crippen LogP contribution is 2.33. The molecule has 0 amide bonds. The lowest BCUT2D eigenvalue weighted by Gasteiger charge is -2.41. The molecule has 4 N–H and O–H groups in total. The van der Waals surface area contributed by atoms with Gasteiger partial charge in [0, 0.05) is 5.41 Å². The second-order valence-corrected chi connectivity index (χ2v) is 6.28. The number of carbonyl (C=O) groups is 1. The Balaban J connectivity index is 0.000000441. The maximum atomic E-state index is 9.76. The van der Waals surface area contributed by atoms with Gasteiger partial charge in [0.1, 0.15) is 5.60 Å². The van der Waals surface area contributed by atoms with Gasteiger partial charge in [-0.1, -0.05) is 0 Å². The number of nitrogens with one attached hydrogen (secondary N) is 1. The molecule has 0 saturated carbocycles. The molecule has 0 aliphatic carbocycles. The molecule has 0 aromatic carbocycles. The predicted molar refractivity (Wildman–Crippen MR) is 76.2 cm³/mol. The molecule has 120 valence electrons. The quantitative estimate of drug-likeness (QED) is 0.546. The molecule has 1 unspecified atom stereocenters. The van der Waals surface area contributed by atoms with E-state index >= 15 is 0 Å². The molecule has 1 fully saturated rings. The second-order valence-electron chi connectivity index (χ2n) is 6.28. The normalized spacial score (nSPS) is 21.1. The van der Waals surface area contributed by atoms with Crippen LogP contribution in [-0.2, 0) is 9.53 Å². The maximum Gasteiger partial charge on any atom is 0.293 e. The van der Waals surface area contributed by atoms with Crippen LogP contribution in [0.2, 0.25) is 0 Å². The number of aliphatic hydroxyl groups is 3. The highest BCUT2D eigenvalue weighted by atomic mass is 16.5. The fraction of sp³-hybridized carbons (Fsp3) is 0.929. The molecule has 1 aliphatic heterocycles. The number of carbonyl (C=O) groups excluding carboxylic acids is 1. The summed E-state index contributed by atoms with van der Waals surface area (Å²) < 4.78 is 4.55. The third kappa shape index (κ3) is 6.65. The van der Waals surface area contributed by atoms with Crippen molar-refractivity contribution in [1.82, 2.24) is 5.32 Å². The number of hydrogen-bond acceptors (Lipinski definition) is 6. The zero-order valence-corrected chi connectivity index (χ0v) is 12.9. The van der Waals surface area contributed by atoms with Crippen LogP contribution in [0.4, 0.5) is 0 Å². The zero-order valence-electron chi connectivity index (χ0n) is 12.9. The van der Waals surface area contributed by atoms with Crippen LogP contribution in [0.25, 0.3) is 0 Å². The van der Waals surface area contributed by atoms with E-state index in [1.54, 1.807) is 6.92 Å². The summed E-state index contributed by atoms with van der Waals surface area (Å²) in [6, 6.07) is 0. The Morgan fingerprint density at radius 3 is 2.05 bits per heavy atom. The number of aliphatic hydroxyl groups excluding tert-OH is 3. The van der Waals surface area contributed by atoms with E-state index in [9.17, 15) is 20.1 Å². The summed E-state index contributed by atoms with van der Waals surface area (Å²) in [5, 5.41) is 31.5. The van der Waals surface area contributed by atoms with Crippen LogP contribution in [0, 0.1) is 5.41 Å². The van der Waals surface area contributed by atoms with Gasteiger partial charge >= 0.3 is 0 Å². The van der Waals surface area contributed by atoms with E-state index in [2.05, 4.69) is 10.1 Å². The molecular formula is C14H29NO5. The van der Waals surface area contributed by atoms with E-state index in [0.717, 1.165) is 25.9 Å². The van der Waals surface area contributed by atoms with E-state index in [-0.39, 0.29) is 12.2 Å². The Labute approximate surface area is 121 Å². The van der Waals surface area contributed by atoms with E-state index in [0.29, 0.717) is 6.47 Å².